The zero-order chi connectivity index (χ0) is 36.7. The van der Waals surface area contributed by atoms with Crippen LogP contribution in [0.4, 0.5) is 4.39 Å². The highest BCUT2D eigenvalue weighted by Gasteiger charge is 2.36. The molecular weight excluding hydrogens is 649 g/mol. The molecule has 1 aliphatic heterocycles. The van der Waals surface area contributed by atoms with Crippen molar-refractivity contribution in [3.8, 4) is 17.0 Å². The number of methoxy groups -OCH3 is 1. The second-order valence-corrected chi connectivity index (χ2v) is 14.7. The number of aromatic nitrogens is 3. The van der Waals surface area contributed by atoms with Crippen LogP contribution in [0.15, 0.2) is 54.7 Å². The van der Waals surface area contributed by atoms with E-state index in [2.05, 4.69) is 25.8 Å². The van der Waals surface area contributed by atoms with Gasteiger partial charge < -0.3 is 20.3 Å². The number of likely N-dealkylation sites (N-methyl/N-ethyl adjacent to an activating group) is 1. The summed E-state index contributed by atoms with van der Waals surface area (Å²) in [5, 5.41) is 14.5. The number of ether oxygens (including phenoxy) is 1. The predicted octanol–water partition coefficient (Wildman–Crippen LogP) is 5.64. The lowest BCUT2D eigenvalue weighted by atomic mass is 9.92. The molecule has 3 amide bonds. The second kappa shape index (κ2) is 16.5. The van der Waals surface area contributed by atoms with Gasteiger partial charge >= 0.3 is 0 Å². The van der Waals surface area contributed by atoms with E-state index in [1.807, 2.05) is 56.9 Å². The summed E-state index contributed by atoms with van der Waals surface area (Å²) in [5.41, 5.74) is 4.11. The zero-order valence-electron chi connectivity index (χ0n) is 30.5. The van der Waals surface area contributed by atoms with Crippen molar-refractivity contribution in [3.05, 3.63) is 77.4 Å². The van der Waals surface area contributed by atoms with Gasteiger partial charge in [0.2, 0.25) is 11.8 Å². The molecule has 3 N–H and O–H groups in total. The van der Waals surface area contributed by atoms with Crippen LogP contribution in [-0.2, 0) is 16.1 Å². The Balaban J connectivity index is 1.26. The Morgan fingerprint density at radius 2 is 1.90 bits per heavy atom. The number of nitrogens with zero attached hydrogens (tertiary/aromatic N) is 4. The largest absolute Gasteiger partial charge is 0.496 e. The van der Waals surface area contributed by atoms with E-state index < -0.39 is 11.9 Å². The monoisotopic (exact) mass is 699 g/mol. The Hall–Kier alpha value is -4.84. The normalized spacial score (nSPS) is 16.5. The number of aryl methyl sites for hydroxylation is 1. The number of carbonyl (C=O) groups is 3. The van der Waals surface area contributed by atoms with Gasteiger partial charge in [0.05, 0.1) is 18.7 Å². The Morgan fingerprint density at radius 1 is 1.10 bits per heavy atom. The van der Waals surface area contributed by atoms with E-state index in [4.69, 9.17) is 4.74 Å². The van der Waals surface area contributed by atoms with Crippen LogP contribution in [0.3, 0.4) is 0 Å². The molecule has 11 nitrogen and oxygen atoms in total. The maximum atomic E-state index is 15.2. The maximum Gasteiger partial charge on any atom is 0.251 e. The van der Waals surface area contributed by atoms with Crippen molar-refractivity contribution < 1.29 is 23.5 Å². The highest BCUT2D eigenvalue weighted by molar-refractivity contribution is 6.01. The third kappa shape index (κ3) is 9.69. The number of unbranched alkanes of at least 4 members (excludes halogenated alkanes) is 1. The predicted molar refractivity (Wildman–Crippen MR) is 196 cm³/mol. The molecule has 5 rings (SSSR count). The quantitative estimate of drug-likeness (QED) is 0.154. The van der Waals surface area contributed by atoms with Crippen LogP contribution < -0.4 is 15.4 Å². The van der Waals surface area contributed by atoms with E-state index in [0.717, 1.165) is 40.7 Å². The lowest BCUT2D eigenvalue weighted by Gasteiger charge is -2.40. The summed E-state index contributed by atoms with van der Waals surface area (Å²) in [6.45, 7) is 9.58. The Bertz CT molecular complexity index is 1850. The van der Waals surface area contributed by atoms with Gasteiger partial charge in [-0.1, -0.05) is 26.8 Å². The topological polar surface area (TPSA) is 133 Å². The highest BCUT2D eigenvalue weighted by Crippen LogP contribution is 2.30. The number of hydrogen-bond donors (Lipinski definition) is 3. The number of H-pyrrole nitrogens is 1. The molecule has 2 aromatic heterocycles. The lowest BCUT2D eigenvalue weighted by molar-refractivity contribution is -0.137. The molecule has 0 saturated carbocycles. The Kier molecular flexibility index (Phi) is 12.1. The first-order chi connectivity index (χ1) is 24.3. The number of amides is 3. The summed E-state index contributed by atoms with van der Waals surface area (Å²) in [5.74, 6) is -0.275. The summed E-state index contributed by atoms with van der Waals surface area (Å²) in [7, 11) is 3.28. The van der Waals surface area contributed by atoms with Crippen LogP contribution in [0.25, 0.3) is 22.2 Å². The Morgan fingerprint density at radius 3 is 2.65 bits per heavy atom. The van der Waals surface area contributed by atoms with Gasteiger partial charge in [0, 0.05) is 79.7 Å². The molecule has 0 bridgehead atoms. The van der Waals surface area contributed by atoms with Crippen molar-refractivity contribution >= 4 is 28.6 Å². The van der Waals surface area contributed by atoms with Crippen LogP contribution in [-0.4, -0.2) is 88.6 Å². The molecule has 4 aromatic rings. The highest BCUT2D eigenvalue weighted by atomic mass is 19.1. The maximum absolute atomic E-state index is 15.2. The third-order valence-electron chi connectivity index (χ3n) is 9.27. The SMILES string of the molecule is COc1cccc(F)c1CN1C[C@H](NC(=O)c2ccc3[nH]nc(-c4ccnc(C)c4)c3c2)CC[C@H]1C(=O)N(C)CCCCNC(=O)CC(C)(C)C. The molecule has 3 heterocycles. The first-order valence-electron chi connectivity index (χ1n) is 17.6. The van der Waals surface area contributed by atoms with Gasteiger partial charge in [-0.15, -0.1) is 0 Å². The molecule has 1 saturated heterocycles. The number of nitrogens with one attached hydrogen (secondary N) is 3. The number of aromatic amines is 1. The zero-order valence-corrected chi connectivity index (χ0v) is 30.5. The van der Waals surface area contributed by atoms with Gasteiger partial charge in [0.25, 0.3) is 5.91 Å². The summed E-state index contributed by atoms with van der Waals surface area (Å²) >= 11 is 0. The molecule has 0 radical (unpaired) electrons. The van der Waals surface area contributed by atoms with Crippen molar-refractivity contribution in [2.24, 2.45) is 5.41 Å². The van der Waals surface area contributed by atoms with Crippen LogP contribution in [0, 0.1) is 18.2 Å². The van der Waals surface area contributed by atoms with Crippen molar-refractivity contribution in [1.29, 1.82) is 0 Å². The average Bonchev–Trinajstić information content (AvgIpc) is 3.51. The second-order valence-electron chi connectivity index (χ2n) is 14.7. The number of hydrogen-bond acceptors (Lipinski definition) is 7. The molecule has 2 aromatic carbocycles. The first kappa shape index (κ1) is 37.4. The van der Waals surface area contributed by atoms with Crippen molar-refractivity contribution in [1.82, 2.24) is 35.6 Å². The van der Waals surface area contributed by atoms with E-state index in [9.17, 15) is 14.4 Å². The summed E-state index contributed by atoms with van der Waals surface area (Å²) in [6, 6.07) is 13.2. The fourth-order valence-corrected chi connectivity index (χ4v) is 6.65. The van der Waals surface area contributed by atoms with E-state index >= 15 is 4.39 Å². The summed E-state index contributed by atoms with van der Waals surface area (Å²) in [6.07, 6.45) is 4.74. The molecule has 1 aliphatic rings. The molecule has 12 heteroatoms. The minimum Gasteiger partial charge on any atom is -0.496 e. The summed E-state index contributed by atoms with van der Waals surface area (Å²) in [4.78, 5) is 47.6. The molecule has 1 fully saturated rings. The molecule has 0 unspecified atom stereocenters. The van der Waals surface area contributed by atoms with Crippen LogP contribution in [0.2, 0.25) is 0 Å². The van der Waals surface area contributed by atoms with Gasteiger partial charge in [-0.3, -0.25) is 29.4 Å². The minimum atomic E-state index is -0.507. The standard InChI is InChI=1S/C39H50FN7O4/c1-25-20-26(16-18-41-25)36-29-21-27(12-14-32(29)44-45-36)37(49)43-28-13-15-33(47(23-28)24-30-31(40)10-9-11-34(30)51-6)38(50)46(5)19-8-7-17-42-35(48)22-39(2,3)4/h9-12,14,16,18,20-21,28,33H,7-8,13,15,17,19,22-24H2,1-6H3,(H,42,48)(H,43,49)(H,44,45)/t28-,33+/m1/s1. The number of benzene rings is 2. The van der Waals surface area contributed by atoms with E-state index in [1.165, 1.54) is 13.2 Å². The molecule has 51 heavy (non-hydrogen) atoms. The number of carbonyl (C=O) groups excluding carboxylic acids is 3. The summed E-state index contributed by atoms with van der Waals surface area (Å²) < 4.78 is 20.6. The number of fused-ring (bicyclic) bond motifs is 1. The number of likely N-dealkylation sites (tertiary alicyclic amines) is 1. The van der Waals surface area contributed by atoms with E-state index in [0.29, 0.717) is 55.8 Å². The van der Waals surface area contributed by atoms with Gasteiger partial charge in [0.15, 0.2) is 0 Å². The number of pyridine rings is 1. The first-order valence-corrected chi connectivity index (χ1v) is 17.6. The van der Waals surface area contributed by atoms with Crippen LogP contribution in [0.5, 0.6) is 5.75 Å². The fraction of sp³-hybridized carbons (Fsp3) is 0.462. The smallest absolute Gasteiger partial charge is 0.251 e. The van der Waals surface area contributed by atoms with E-state index in [1.54, 1.807) is 36.3 Å². The molecule has 272 valence electrons. The van der Waals surface area contributed by atoms with Gasteiger partial charge in [0.1, 0.15) is 17.3 Å². The van der Waals surface area contributed by atoms with Crippen LogP contribution in [0.1, 0.15) is 74.5 Å². The van der Waals surface area contributed by atoms with Crippen molar-refractivity contribution in [2.75, 3.05) is 33.8 Å². The minimum absolute atomic E-state index is 0.0294. The average molecular weight is 700 g/mol. The molecule has 2 atom stereocenters. The van der Waals surface area contributed by atoms with E-state index in [-0.39, 0.29) is 35.7 Å². The van der Waals surface area contributed by atoms with Gasteiger partial charge in [-0.2, -0.15) is 5.10 Å². The van der Waals surface area contributed by atoms with Gasteiger partial charge in [-0.25, -0.2) is 4.39 Å². The fourth-order valence-electron chi connectivity index (χ4n) is 6.65. The molecule has 0 aliphatic carbocycles. The third-order valence-corrected chi connectivity index (χ3v) is 9.27. The van der Waals surface area contributed by atoms with Gasteiger partial charge in [-0.05, 0) is 80.5 Å². The Labute approximate surface area is 299 Å². The van der Waals surface area contributed by atoms with Crippen LogP contribution >= 0.6 is 0 Å². The number of piperidine rings is 1. The molecule has 0 spiro atoms. The molecular formula is C39H50FN7O4. The number of rotatable bonds is 13. The van der Waals surface area contributed by atoms with Crippen molar-refractivity contribution in [2.45, 2.75) is 78.4 Å². The number of halogens is 1. The van der Waals surface area contributed by atoms with Crippen molar-refractivity contribution in [3.63, 3.8) is 0 Å². The lowest BCUT2D eigenvalue weighted by Crippen LogP contribution is -2.56.